The molecule has 0 unspecified atom stereocenters. The first-order chi connectivity index (χ1) is 11.7. The van der Waals surface area contributed by atoms with Crippen LogP contribution >= 0.6 is 0 Å². The Balaban J connectivity index is 6.38. The molecule has 0 heterocycles. The number of hydrogen-bond acceptors (Lipinski definition) is 0. The van der Waals surface area contributed by atoms with E-state index in [2.05, 4.69) is 0 Å². The van der Waals surface area contributed by atoms with Crippen LogP contribution in [0, 0.1) is 0 Å². The molecule has 0 rings (SSSR count). The Morgan fingerprint density at radius 1 is 0.321 bits per heavy atom. The predicted molar refractivity (Wildman–Crippen MR) is 50.9 cm³/mol. The Kier molecular flexibility index (Phi) is 6.14. The zero-order chi connectivity index (χ0) is 23.4. The van der Waals surface area contributed by atoms with Crippen molar-refractivity contribution in [1.29, 1.82) is 0 Å². The normalized spacial score (nSPS) is 16.8. The molecule has 28 heavy (non-hydrogen) atoms. The van der Waals surface area contributed by atoms with Crippen molar-refractivity contribution in [2.24, 2.45) is 0 Å². The largest absolute Gasteiger partial charge is 0.460 e. The molecule has 18 heteroatoms. The summed E-state index contributed by atoms with van der Waals surface area (Å²) in [6, 6.07) is 0. The summed E-state index contributed by atoms with van der Waals surface area (Å²) in [5, 5.41) is 0. The number of rotatable bonds is 5. The summed E-state index contributed by atoms with van der Waals surface area (Å²) < 4.78 is 223. The standard InChI is InChI=1S/C10H2F18/c11-3(12,5(15,8(20,21)22)9(23,24)25)1-2-4(13,14)6(16,17)7(18,19)10(26,27)28/h1-2H. The van der Waals surface area contributed by atoms with Gasteiger partial charge in [0.1, 0.15) is 0 Å². The first kappa shape index (κ1) is 26.5. The van der Waals surface area contributed by atoms with Gasteiger partial charge in [-0.1, -0.05) is 0 Å². The maximum absolute atomic E-state index is 13.1. The molecule has 0 bridgehead atoms. The van der Waals surface area contributed by atoms with Gasteiger partial charge in [-0.25, -0.2) is 4.39 Å². The Bertz CT molecular complexity index is 569. The summed E-state index contributed by atoms with van der Waals surface area (Å²) in [4.78, 5) is 0. The van der Waals surface area contributed by atoms with Crippen molar-refractivity contribution in [2.75, 3.05) is 0 Å². The van der Waals surface area contributed by atoms with E-state index in [1.165, 1.54) is 0 Å². The monoisotopic (exact) mass is 464 g/mol. The summed E-state index contributed by atoms with van der Waals surface area (Å²) in [5.41, 5.74) is -7.68. The zero-order valence-corrected chi connectivity index (χ0v) is 12.0. The van der Waals surface area contributed by atoms with Crippen LogP contribution in [0.1, 0.15) is 0 Å². The lowest BCUT2D eigenvalue weighted by Gasteiger charge is -2.35. The van der Waals surface area contributed by atoms with Crippen LogP contribution in [0.25, 0.3) is 0 Å². The van der Waals surface area contributed by atoms with E-state index in [1.807, 2.05) is 0 Å². The molecule has 0 aromatic rings. The van der Waals surface area contributed by atoms with Crippen molar-refractivity contribution in [3.05, 3.63) is 12.2 Å². The van der Waals surface area contributed by atoms with Gasteiger partial charge >= 0.3 is 47.9 Å². The van der Waals surface area contributed by atoms with Crippen LogP contribution < -0.4 is 0 Å². The molecule has 0 N–H and O–H groups in total. The van der Waals surface area contributed by atoms with Gasteiger partial charge in [-0.15, -0.1) is 0 Å². The molecular formula is C10H2F18. The van der Waals surface area contributed by atoms with Gasteiger partial charge < -0.3 is 0 Å². The van der Waals surface area contributed by atoms with Crippen molar-refractivity contribution in [1.82, 2.24) is 0 Å². The maximum atomic E-state index is 13.1. The van der Waals surface area contributed by atoms with Crippen LogP contribution in [0.5, 0.6) is 0 Å². The van der Waals surface area contributed by atoms with Gasteiger partial charge in [0.15, 0.2) is 0 Å². The van der Waals surface area contributed by atoms with Crippen LogP contribution in [0.3, 0.4) is 0 Å². The van der Waals surface area contributed by atoms with Gasteiger partial charge in [0.05, 0.1) is 0 Å². The first-order valence-corrected chi connectivity index (χ1v) is 5.81. The van der Waals surface area contributed by atoms with E-state index < -0.39 is 60.0 Å². The van der Waals surface area contributed by atoms with Crippen molar-refractivity contribution in [3.8, 4) is 0 Å². The topological polar surface area (TPSA) is 0 Å². The molecule has 0 atom stereocenters. The van der Waals surface area contributed by atoms with Crippen LogP contribution in [-0.4, -0.2) is 47.9 Å². The Labute approximate surface area is 140 Å². The van der Waals surface area contributed by atoms with Crippen molar-refractivity contribution in [3.63, 3.8) is 0 Å². The third-order valence-corrected chi connectivity index (χ3v) is 2.91. The fourth-order valence-electron chi connectivity index (χ4n) is 1.35. The second kappa shape index (κ2) is 6.50. The zero-order valence-electron chi connectivity index (χ0n) is 12.0. The van der Waals surface area contributed by atoms with E-state index in [9.17, 15) is 79.0 Å². The number of allylic oxidation sites excluding steroid dienone is 2. The van der Waals surface area contributed by atoms with Crippen LogP contribution in [0.15, 0.2) is 12.2 Å². The fraction of sp³-hybridized carbons (Fsp3) is 0.800. The smallest absolute Gasteiger partial charge is 0.216 e. The Hall–Kier alpha value is -1.52. The van der Waals surface area contributed by atoms with Crippen molar-refractivity contribution < 1.29 is 79.0 Å². The van der Waals surface area contributed by atoms with Crippen LogP contribution in [0.4, 0.5) is 79.0 Å². The molecule has 0 radical (unpaired) electrons. The first-order valence-electron chi connectivity index (χ1n) is 5.81. The van der Waals surface area contributed by atoms with E-state index in [4.69, 9.17) is 0 Å². The van der Waals surface area contributed by atoms with Crippen molar-refractivity contribution in [2.45, 2.75) is 47.9 Å². The van der Waals surface area contributed by atoms with Gasteiger partial charge in [0.25, 0.3) is 0 Å². The molecule has 0 aliphatic heterocycles. The summed E-state index contributed by atoms with van der Waals surface area (Å²) in [7, 11) is 0. The highest BCUT2D eigenvalue weighted by atomic mass is 19.4. The molecule has 0 amide bonds. The maximum Gasteiger partial charge on any atom is 0.460 e. The Morgan fingerprint density at radius 3 is 0.857 bits per heavy atom. The molecule has 0 saturated heterocycles. The van der Waals surface area contributed by atoms with Crippen LogP contribution in [0.2, 0.25) is 0 Å². The molecule has 0 fully saturated rings. The molecular weight excluding hydrogens is 462 g/mol. The fourth-order valence-corrected chi connectivity index (χ4v) is 1.35. The number of alkyl halides is 18. The van der Waals surface area contributed by atoms with Gasteiger partial charge in [-0.2, -0.15) is 74.6 Å². The minimum absolute atomic E-state index is 2.52. The number of halogens is 18. The van der Waals surface area contributed by atoms with E-state index in [0.29, 0.717) is 0 Å². The average Bonchev–Trinajstić information content (AvgIpc) is 2.40. The van der Waals surface area contributed by atoms with Gasteiger partial charge in [-0.3, -0.25) is 0 Å². The van der Waals surface area contributed by atoms with Crippen molar-refractivity contribution >= 4 is 0 Å². The average molecular weight is 464 g/mol. The molecule has 0 saturated carbocycles. The van der Waals surface area contributed by atoms with E-state index in [-0.39, 0.29) is 0 Å². The second-order valence-electron chi connectivity index (χ2n) is 4.88. The Morgan fingerprint density at radius 2 is 0.607 bits per heavy atom. The summed E-state index contributed by atoms with van der Waals surface area (Å²) >= 11 is 0. The summed E-state index contributed by atoms with van der Waals surface area (Å²) in [6.07, 6.45) is -27.7. The second-order valence-corrected chi connectivity index (χ2v) is 4.88. The van der Waals surface area contributed by atoms with E-state index in [1.54, 1.807) is 0 Å². The lowest BCUT2D eigenvalue weighted by molar-refractivity contribution is -0.390. The highest BCUT2D eigenvalue weighted by Gasteiger charge is 2.84. The third-order valence-electron chi connectivity index (χ3n) is 2.91. The molecule has 0 spiro atoms. The molecule has 0 aromatic heterocycles. The lowest BCUT2D eigenvalue weighted by atomic mass is 9.94. The highest BCUT2D eigenvalue weighted by molar-refractivity contribution is 5.19. The minimum Gasteiger partial charge on any atom is -0.216 e. The van der Waals surface area contributed by atoms with E-state index in [0.717, 1.165) is 0 Å². The lowest BCUT2D eigenvalue weighted by Crippen LogP contribution is -2.64. The van der Waals surface area contributed by atoms with Gasteiger partial charge in [0.2, 0.25) is 0 Å². The third kappa shape index (κ3) is 3.81. The molecule has 0 nitrogen and oxygen atoms in total. The molecule has 0 aromatic carbocycles. The summed E-state index contributed by atoms with van der Waals surface area (Å²) in [5.74, 6) is -29.6. The quantitative estimate of drug-likeness (QED) is 0.323. The molecule has 168 valence electrons. The van der Waals surface area contributed by atoms with Gasteiger partial charge in [-0.05, 0) is 12.2 Å². The van der Waals surface area contributed by atoms with E-state index >= 15 is 0 Å². The predicted octanol–water partition coefficient (Wildman–Crippen LogP) is 6.48. The van der Waals surface area contributed by atoms with Crippen LogP contribution in [-0.2, 0) is 0 Å². The molecule has 0 aliphatic rings. The molecule has 0 aliphatic carbocycles. The highest BCUT2D eigenvalue weighted by Crippen LogP contribution is 2.57. The summed E-state index contributed by atoms with van der Waals surface area (Å²) in [6.45, 7) is 0. The SMILES string of the molecule is FC(F)(F)C(F)(F)C(F)(F)C(F)(F)C=CC(F)(F)C(F)(C(F)(F)F)C(F)(F)F. The number of hydrogen-bond donors (Lipinski definition) is 0. The van der Waals surface area contributed by atoms with Gasteiger partial charge in [0, 0.05) is 0 Å². The minimum atomic E-state index is -7.68.